The third-order valence-corrected chi connectivity index (χ3v) is 3.38. The molecular weight excluding hydrogens is 218 g/mol. The maximum absolute atomic E-state index is 11.9. The molecule has 4 heteroatoms. The standard InChI is InChI=1S/C13H19NO3/c1-9-3-4-11(17-9)12(13(15)16-2)10-5-7-14-8-6-10/h3-4,10,12,14H,5-8H2,1-2H3. The van der Waals surface area contributed by atoms with E-state index in [2.05, 4.69) is 5.32 Å². The number of furan rings is 1. The first-order valence-electron chi connectivity index (χ1n) is 6.07. The molecular formula is C13H19NO3. The molecule has 0 spiro atoms. The van der Waals surface area contributed by atoms with Crippen LogP contribution in [0.2, 0.25) is 0 Å². The highest BCUT2D eigenvalue weighted by Gasteiger charge is 2.33. The van der Waals surface area contributed by atoms with E-state index in [1.165, 1.54) is 7.11 Å². The summed E-state index contributed by atoms with van der Waals surface area (Å²) in [4.78, 5) is 11.9. The van der Waals surface area contributed by atoms with E-state index in [9.17, 15) is 4.79 Å². The SMILES string of the molecule is COC(=O)C(c1ccc(C)o1)C1CCNCC1. The van der Waals surface area contributed by atoms with Crippen molar-refractivity contribution in [1.82, 2.24) is 5.32 Å². The number of carbonyl (C=O) groups excluding carboxylic acids is 1. The number of ether oxygens (including phenoxy) is 1. The molecule has 0 saturated carbocycles. The van der Waals surface area contributed by atoms with Crippen molar-refractivity contribution in [3.8, 4) is 0 Å². The molecule has 1 aliphatic heterocycles. The first kappa shape index (κ1) is 12.2. The van der Waals surface area contributed by atoms with Crippen LogP contribution in [0.4, 0.5) is 0 Å². The Labute approximate surface area is 101 Å². The minimum atomic E-state index is -0.254. The van der Waals surface area contributed by atoms with Crippen LogP contribution >= 0.6 is 0 Å². The summed E-state index contributed by atoms with van der Waals surface area (Å²) in [7, 11) is 1.44. The number of nitrogens with one attached hydrogen (secondary N) is 1. The quantitative estimate of drug-likeness (QED) is 0.815. The van der Waals surface area contributed by atoms with Crippen molar-refractivity contribution in [2.24, 2.45) is 5.92 Å². The third kappa shape index (κ3) is 2.69. The summed E-state index contributed by atoms with van der Waals surface area (Å²) in [5.41, 5.74) is 0. The highest BCUT2D eigenvalue weighted by molar-refractivity contribution is 5.77. The maximum Gasteiger partial charge on any atom is 0.316 e. The van der Waals surface area contributed by atoms with E-state index in [1.807, 2.05) is 19.1 Å². The molecule has 2 rings (SSSR count). The first-order chi connectivity index (χ1) is 8.22. The van der Waals surface area contributed by atoms with Gasteiger partial charge in [0.15, 0.2) is 0 Å². The van der Waals surface area contributed by atoms with Gasteiger partial charge in [0.1, 0.15) is 17.4 Å². The van der Waals surface area contributed by atoms with Crippen molar-refractivity contribution in [3.05, 3.63) is 23.7 Å². The Morgan fingerprint density at radius 1 is 1.47 bits per heavy atom. The molecule has 2 heterocycles. The van der Waals surface area contributed by atoms with Gasteiger partial charge in [-0.15, -0.1) is 0 Å². The van der Waals surface area contributed by atoms with Crippen LogP contribution in [0.5, 0.6) is 0 Å². The number of esters is 1. The van der Waals surface area contributed by atoms with Gasteiger partial charge in [0.05, 0.1) is 7.11 Å². The van der Waals surface area contributed by atoms with Crippen LogP contribution in [0.1, 0.15) is 30.3 Å². The summed E-state index contributed by atoms with van der Waals surface area (Å²) in [5, 5.41) is 3.30. The second-order valence-corrected chi connectivity index (χ2v) is 4.54. The van der Waals surface area contributed by atoms with E-state index in [4.69, 9.17) is 9.15 Å². The number of carbonyl (C=O) groups is 1. The van der Waals surface area contributed by atoms with E-state index in [-0.39, 0.29) is 11.9 Å². The van der Waals surface area contributed by atoms with E-state index in [1.54, 1.807) is 0 Å². The molecule has 0 amide bonds. The van der Waals surface area contributed by atoms with Gasteiger partial charge in [0, 0.05) is 0 Å². The summed E-state index contributed by atoms with van der Waals surface area (Å²) < 4.78 is 10.5. The summed E-state index contributed by atoms with van der Waals surface area (Å²) in [5.74, 6) is 1.44. The fraction of sp³-hybridized carbons (Fsp3) is 0.615. The zero-order valence-electron chi connectivity index (χ0n) is 10.4. The fourth-order valence-electron chi connectivity index (χ4n) is 2.47. The van der Waals surface area contributed by atoms with Crippen LogP contribution in [0.15, 0.2) is 16.5 Å². The van der Waals surface area contributed by atoms with Crippen LogP contribution in [-0.2, 0) is 9.53 Å². The minimum Gasteiger partial charge on any atom is -0.468 e. The number of methoxy groups -OCH3 is 1. The van der Waals surface area contributed by atoms with Gasteiger partial charge in [-0.05, 0) is 50.9 Å². The fourth-order valence-corrected chi connectivity index (χ4v) is 2.47. The second-order valence-electron chi connectivity index (χ2n) is 4.54. The van der Waals surface area contributed by atoms with Gasteiger partial charge in [-0.1, -0.05) is 0 Å². The van der Waals surface area contributed by atoms with Crippen molar-refractivity contribution in [2.45, 2.75) is 25.7 Å². The van der Waals surface area contributed by atoms with Gasteiger partial charge in [-0.25, -0.2) is 0 Å². The van der Waals surface area contributed by atoms with Gasteiger partial charge < -0.3 is 14.5 Å². The lowest BCUT2D eigenvalue weighted by Crippen LogP contribution is -2.33. The Morgan fingerprint density at radius 3 is 2.71 bits per heavy atom. The maximum atomic E-state index is 11.9. The first-order valence-corrected chi connectivity index (χ1v) is 6.07. The predicted molar refractivity (Wildman–Crippen MR) is 63.8 cm³/mol. The van der Waals surface area contributed by atoms with Crippen molar-refractivity contribution < 1.29 is 13.9 Å². The number of hydrogen-bond acceptors (Lipinski definition) is 4. The zero-order valence-corrected chi connectivity index (χ0v) is 10.4. The summed E-state index contributed by atoms with van der Waals surface area (Å²) in [6, 6.07) is 3.78. The molecule has 1 N–H and O–H groups in total. The van der Waals surface area contributed by atoms with Crippen molar-refractivity contribution in [3.63, 3.8) is 0 Å². The molecule has 0 bridgehead atoms. The highest BCUT2D eigenvalue weighted by Crippen LogP contribution is 2.33. The molecule has 17 heavy (non-hydrogen) atoms. The van der Waals surface area contributed by atoms with Crippen LogP contribution < -0.4 is 5.32 Å². The zero-order chi connectivity index (χ0) is 12.3. The highest BCUT2D eigenvalue weighted by atomic mass is 16.5. The molecule has 1 fully saturated rings. The van der Waals surface area contributed by atoms with E-state index in [0.717, 1.165) is 37.5 Å². The minimum absolute atomic E-state index is 0.189. The van der Waals surface area contributed by atoms with Crippen molar-refractivity contribution >= 4 is 5.97 Å². The number of aryl methyl sites for hydroxylation is 1. The number of hydrogen-bond donors (Lipinski definition) is 1. The van der Waals surface area contributed by atoms with Crippen molar-refractivity contribution in [2.75, 3.05) is 20.2 Å². The average molecular weight is 237 g/mol. The van der Waals surface area contributed by atoms with Crippen LogP contribution in [-0.4, -0.2) is 26.2 Å². The smallest absolute Gasteiger partial charge is 0.316 e. The van der Waals surface area contributed by atoms with Crippen molar-refractivity contribution in [1.29, 1.82) is 0 Å². The molecule has 1 aliphatic rings. The molecule has 1 aromatic heterocycles. The topological polar surface area (TPSA) is 51.5 Å². The lowest BCUT2D eigenvalue weighted by atomic mass is 9.83. The van der Waals surface area contributed by atoms with Gasteiger partial charge in [0.2, 0.25) is 0 Å². The van der Waals surface area contributed by atoms with Crippen LogP contribution in [0.3, 0.4) is 0 Å². The Hall–Kier alpha value is -1.29. The Balaban J connectivity index is 2.21. The molecule has 94 valence electrons. The molecule has 0 aliphatic carbocycles. The normalized spacial score (nSPS) is 18.9. The number of piperidine rings is 1. The lowest BCUT2D eigenvalue weighted by Gasteiger charge is -2.27. The Kier molecular flexibility index (Phi) is 3.84. The monoisotopic (exact) mass is 237 g/mol. The largest absolute Gasteiger partial charge is 0.468 e. The van der Waals surface area contributed by atoms with Crippen LogP contribution in [0.25, 0.3) is 0 Å². The molecule has 0 radical (unpaired) electrons. The van der Waals surface area contributed by atoms with E-state index in [0.29, 0.717) is 5.92 Å². The molecule has 1 saturated heterocycles. The molecule has 1 aromatic rings. The molecule has 4 nitrogen and oxygen atoms in total. The Bertz CT molecular complexity index is 380. The van der Waals surface area contributed by atoms with Gasteiger partial charge >= 0.3 is 5.97 Å². The summed E-state index contributed by atoms with van der Waals surface area (Å²) >= 11 is 0. The average Bonchev–Trinajstić information content (AvgIpc) is 2.77. The Morgan fingerprint density at radius 2 is 2.18 bits per heavy atom. The van der Waals surface area contributed by atoms with Gasteiger partial charge in [-0.2, -0.15) is 0 Å². The summed E-state index contributed by atoms with van der Waals surface area (Å²) in [6.07, 6.45) is 1.97. The van der Waals surface area contributed by atoms with E-state index >= 15 is 0 Å². The second kappa shape index (κ2) is 5.36. The molecule has 1 atom stereocenters. The third-order valence-electron chi connectivity index (χ3n) is 3.38. The van der Waals surface area contributed by atoms with Crippen LogP contribution in [0, 0.1) is 12.8 Å². The summed E-state index contributed by atoms with van der Waals surface area (Å²) in [6.45, 7) is 3.80. The predicted octanol–water partition coefficient (Wildman–Crippen LogP) is 1.84. The van der Waals surface area contributed by atoms with Gasteiger partial charge in [-0.3, -0.25) is 4.79 Å². The molecule has 1 unspecified atom stereocenters. The molecule has 0 aromatic carbocycles. The lowest BCUT2D eigenvalue weighted by molar-refractivity contribution is -0.144. The van der Waals surface area contributed by atoms with Gasteiger partial charge in [0.25, 0.3) is 0 Å². The van der Waals surface area contributed by atoms with E-state index < -0.39 is 0 Å². The number of rotatable bonds is 3.